The highest BCUT2D eigenvalue weighted by Gasteiger charge is 2.07. The molecule has 0 atom stereocenters. The van der Waals surface area contributed by atoms with Crippen LogP contribution in [0, 0.1) is 0 Å². The molecule has 3 rings (SSSR count). The third-order valence-electron chi connectivity index (χ3n) is 3.20. The van der Waals surface area contributed by atoms with Crippen LogP contribution in [0.5, 0.6) is 0 Å². The molecular weight excluding hydrogens is 206 g/mol. The van der Waals surface area contributed by atoms with E-state index in [4.69, 9.17) is 0 Å². The fourth-order valence-electron chi connectivity index (χ4n) is 2.40. The number of nitrogens with zero attached hydrogens (tertiary/aromatic N) is 1. The molecule has 2 aromatic carbocycles. The van der Waals surface area contributed by atoms with Gasteiger partial charge in [-0.3, -0.25) is 0 Å². The second-order valence-electron chi connectivity index (χ2n) is 4.22. The summed E-state index contributed by atoms with van der Waals surface area (Å²) in [6.45, 7) is 2.21. The third kappa shape index (κ3) is 1.64. The smallest absolute Gasteiger partial charge is 0.0452 e. The average molecular weight is 221 g/mol. The molecule has 0 N–H and O–H groups in total. The summed E-state index contributed by atoms with van der Waals surface area (Å²) in [5, 5.41) is 2.67. The van der Waals surface area contributed by atoms with Gasteiger partial charge in [0.15, 0.2) is 0 Å². The first-order valence-electron chi connectivity index (χ1n) is 6.04. The van der Waals surface area contributed by atoms with Gasteiger partial charge in [0.05, 0.1) is 0 Å². The van der Waals surface area contributed by atoms with Gasteiger partial charge >= 0.3 is 0 Å². The van der Waals surface area contributed by atoms with Crippen molar-refractivity contribution in [3.05, 3.63) is 66.5 Å². The number of para-hydroxylation sites is 1. The van der Waals surface area contributed by atoms with Crippen LogP contribution in [0.3, 0.4) is 0 Å². The molecule has 0 saturated heterocycles. The van der Waals surface area contributed by atoms with Gasteiger partial charge in [0.2, 0.25) is 0 Å². The van der Waals surface area contributed by atoms with Crippen molar-refractivity contribution in [2.24, 2.45) is 0 Å². The normalized spacial score (nSPS) is 10.9. The summed E-state index contributed by atoms with van der Waals surface area (Å²) in [5.74, 6) is 0. The van der Waals surface area contributed by atoms with Crippen molar-refractivity contribution in [3.63, 3.8) is 0 Å². The number of aryl methyl sites for hydroxylation is 1. The highest BCUT2D eigenvalue weighted by molar-refractivity contribution is 5.86. The van der Waals surface area contributed by atoms with Crippen molar-refractivity contribution < 1.29 is 0 Å². The lowest BCUT2D eigenvalue weighted by Gasteiger charge is -2.07. The van der Waals surface area contributed by atoms with Gasteiger partial charge in [-0.25, -0.2) is 0 Å². The van der Waals surface area contributed by atoms with Gasteiger partial charge in [0.1, 0.15) is 0 Å². The van der Waals surface area contributed by atoms with Crippen LogP contribution in [0.25, 0.3) is 16.5 Å². The summed E-state index contributed by atoms with van der Waals surface area (Å²) in [6.07, 6.45) is 3.27. The minimum atomic E-state index is 1.04. The molecule has 0 amide bonds. The number of hydrogen-bond acceptors (Lipinski definition) is 0. The number of benzene rings is 2. The molecule has 1 heteroatoms. The van der Waals surface area contributed by atoms with E-state index in [1.54, 1.807) is 0 Å². The van der Waals surface area contributed by atoms with Gasteiger partial charge in [0, 0.05) is 28.4 Å². The quantitative estimate of drug-likeness (QED) is 0.611. The summed E-state index contributed by atoms with van der Waals surface area (Å²) in [5.41, 5.74) is 2.62. The Balaban J connectivity index is 2.30. The Morgan fingerprint density at radius 3 is 2.35 bits per heavy atom. The molecule has 1 aromatic heterocycles. The van der Waals surface area contributed by atoms with Gasteiger partial charge in [0.25, 0.3) is 0 Å². The first-order valence-corrected chi connectivity index (χ1v) is 6.04. The SMILES string of the molecule is CCc1c2ccccc2cn1-c1ccccc1. The predicted molar refractivity (Wildman–Crippen MR) is 72.7 cm³/mol. The van der Waals surface area contributed by atoms with Crippen molar-refractivity contribution in [3.8, 4) is 5.69 Å². The lowest BCUT2D eigenvalue weighted by atomic mass is 10.1. The summed E-state index contributed by atoms with van der Waals surface area (Å²) in [6, 6.07) is 19.1. The van der Waals surface area contributed by atoms with E-state index in [2.05, 4.69) is 72.3 Å². The van der Waals surface area contributed by atoms with Gasteiger partial charge in [-0.2, -0.15) is 0 Å². The zero-order chi connectivity index (χ0) is 11.7. The zero-order valence-corrected chi connectivity index (χ0v) is 9.93. The molecule has 1 nitrogen and oxygen atoms in total. The maximum Gasteiger partial charge on any atom is 0.0452 e. The summed E-state index contributed by atoms with van der Waals surface area (Å²) in [7, 11) is 0. The highest BCUT2D eigenvalue weighted by Crippen LogP contribution is 2.24. The van der Waals surface area contributed by atoms with Crippen LogP contribution < -0.4 is 0 Å². The van der Waals surface area contributed by atoms with E-state index < -0.39 is 0 Å². The maximum absolute atomic E-state index is 2.30. The lowest BCUT2D eigenvalue weighted by molar-refractivity contribution is 0.946. The second kappa shape index (κ2) is 4.10. The molecule has 0 radical (unpaired) electrons. The Labute approximate surface area is 101 Å². The molecule has 0 aliphatic heterocycles. The molecular formula is C16H15N. The van der Waals surface area contributed by atoms with Crippen molar-refractivity contribution >= 4 is 10.8 Å². The fraction of sp³-hybridized carbons (Fsp3) is 0.125. The van der Waals surface area contributed by atoms with Gasteiger partial charge in [-0.15, -0.1) is 0 Å². The Morgan fingerprint density at radius 1 is 0.882 bits per heavy atom. The molecule has 0 aliphatic rings. The Hall–Kier alpha value is -2.02. The fourth-order valence-corrected chi connectivity index (χ4v) is 2.40. The van der Waals surface area contributed by atoms with Crippen molar-refractivity contribution in [2.45, 2.75) is 13.3 Å². The van der Waals surface area contributed by atoms with E-state index in [9.17, 15) is 0 Å². The largest absolute Gasteiger partial charge is 0.320 e. The molecule has 1 heterocycles. The van der Waals surface area contributed by atoms with Gasteiger partial charge < -0.3 is 4.57 Å². The molecule has 0 bridgehead atoms. The van der Waals surface area contributed by atoms with Crippen LogP contribution >= 0.6 is 0 Å². The molecule has 17 heavy (non-hydrogen) atoms. The number of aromatic nitrogens is 1. The van der Waals surface area contributed by atoms with Crippen molar-refractivity contribution in [1.29, 1.82) is 0 Å². The van der Waals surface area contributed by atoms with Gasteiger partial charge in [-0.1, -0.05) is 49.4 Å². The molecule has 0 aliphatic carbocycles. The average Bonchev–Trinajstić information content (AvgIpc) is 2.78. The zero-order valence-electron chi connectivity index (χ0n) is 9.93. The van der Waals surface area contributed by atoms with Crippen LogP contribution in [-0.4, -0.2) is 4.57 Å². The standard InChI is InChI=1S/C16H15N/c1-2-16-15-11-7-6-8-13(15)12-17(16)14-9-4-3-5-10-14/h3-12H,2H2,1H3. The highest BCUT2D eigenvalue weighted by atomic mass is 15.0. The Morgan fingerprint density at radius 2 is 1.59 bits per heavy atom. The first kappa shape index (κ1) is 10.2. The van der Waals surface area contributed by atoms with Crippen LogP contribution in [0.4, 0.5) is 0 Å². The van der Waals surface area contributed by atoms with Crippen LogP contribution in [0.15, 0.2) is 60.8 Å². The topological polar surface area (TPSA) is 4.93 Å². The summed E-state index contributed by atoms with van der Waals surface area (Å²) in [4.78, 5) is 0. The molecule has 0 spiro atoms. The van der Waals surface area contributed by atoms with Crippen molar-refractivity contribution in [1.82, 2.24) is 4.57 Å². The Bertz CT molecular complexity index is 635. The maximum atomic E-state index is 2.30. The van der Waals surface area contributed by atoms with Crippen molar-refractivity contribution in [2.75, 3.05) is 0 Å². The molecule has 0 fully saturated rings. The monoisotopic (exact) mass is 221 g/mol. The van der Waals surface area contributed by atoms with E-state index >= 15 is 0 Å². The van der Waals surface area contributed by atoms with Crippen LogP contribution in [0.1, 0.15) is 12.6 Å². The van der Waals surface area contributed by atoms with Gasteiger partial charge in [-0.05, 0) is 18.6 Å². The molecule has 84 valence electrons. The van der Waals surface area contributed by atoms with E-state index in [0.717, 1.165) is 6.42 Å². The summed E-state index contributed by atoms with van der Waals surface area (Å²) < 4.78 is 2.30. The number of hydrogen-bond donors (Lipinski definition) is 0. The number of rotatable bonds is 2. The van der Waals surface area contributed by atoms with E-state index in [-0.39, 0.29) is 0 Å². The number of fused-ring (bicyclic) bond motifs is 1. The molecule has 0 unspecified atom stereocenters. The minimum Gasteiger partial charge on any atom is -0.320 e. The predicted octanol–water partition coefficient (Wildman–Crippen LogP) is 4.19. The first-order chi connectivity index (χ1) is 8.40. The summed E-state index contributed by atoms with van der Waals surface area (Å²) >= 11 is 0. The molecule has 3 aromatic rings. The second-order valence-corrected chi connectivity index (χ2v) is 4.22. The van der Waals surface area contributed by atoms with E-state index in [0.29, 0.717) is 0 Å². The van der Waals surface area contributed by atoms with E-state index in [1.807, 2.05) is 0 Å². The van der Waals surface area contributed by atoms with E-state index in [1.165, 1.54) is 22.2 Å². The Kier molecular flexibility index (Phi) is 2.45. The van der Waals surface area contributed by atoms with Crippen LogP contribution in [0.2, 0.25) is 0 Å². The van der Waals surface area contributed by atoms with Crippen LogP contribution in [-0.2, 0) is 6.42 Å². The third-order valence-corrected chi connectivity index (χ3v) is 3.20. The minimum absolute atomic E-state index is 1.04. The lowest BCUT2D eigenvalue weighted by Crippen LogP contribution is -1.96. The molecule has 0 saturated carbocycles.